The van der Waals surface area contributed by atoms with E-state index in [-0.39, 0.29) is 17.4 Å². The molecule has 0 rings (SSSR count). The quantitative estimate of drug-likeness (QED) is 0.0498. The van der Waals surface area contributed by atoms with E-state index in [0.717, 1.165) is 37.4 Å². The van der Waals surface area contributed by atoms with Crippen molar-refractivity contribution in [2.24, 2.45) is 17.3 Å². The van der Waals surface area contributed by atoms with E-state index in [4.69, 9.17) is 29.1 Å². The van der Waals surface area contributed by atoms with Gasteiger partial charge in [-0.15, -0.1) is 0 Å². The Bertz CT molecular complexity index is 1320. The molecule has 0 amide bonds. The fourth-order valence-corrected chi connectivity index (χ4v) is 48.6. The van der Waals surface area contributed by atoms with Gasteiger partial charge in [0.15, 0.2) is 49.9 Å². The summed E-state index contributed by atoms with van der Waals surface area (Å²) in [6, 6.07) is 3.06. The van der Waals surface area contributed by atoms with Crippen LogP contribution in [0.4, 0.5) is 0 Å². The lowest BCUT2D eigenvalue weighted by atomic mass is 9.93. The Kier molecular flexibility index (Phi) is 28.7. The highest BCUT2D eigenvalue weighted by atomic mass is 28.5. The normalized spacial score (nSPS) is 15.3. The molecule has 0 aliphatic heterocycles. The third-order valence-corrected chi connectivity index (χ3v) is 39.0. The van der Waals surface area contributed by atoms with Crippen molar-refractivity contribution in [3.63, 3.8) is 0 Å². The molecular formula is C44H108O10Si10. The van der Waals surface area contributed by atoms with Gasteiger partial charge in [0.1, 0.15) is 0 Å². The number of rotatable bonds is 25. The number of esters is 1. The van der Waals surface area contributed by atoms with E-state index in [1.165, 1.54) is 12.7 Å². The Morgan fingerprint density at radius 2 is 0.750 bits per heavy atom. The number of hydrogen-bond donors (Lipinski definition) is 0. The van der Waals surface area contributed by atoms with Gasteiger partial charge in [-0.3, -0.25) is 9.59 Å². The molecule has 0 bridgehead atoms. The Balaban J connectivity index is -0.000000939. The zero-order chi connectivity index (χ0) is 52.0. The number of hydrogen-bond acceptors (Lipinski definition) is 10. The van der Waals surface area contributed by atoms with E-state index >= 15 is 0 Å². The van der Waals surface area contributed by atoms with Crippen molar-refractivity contribution in [2.45, 2.75) is 236 Å². The van der Waals surface area contributed by atoms with Gasteiger partial charge in [-0.05, 0) is 187 Å². The largest absolute Gasteiger partial charge is 0.520 e. The molecule has 0 fully saturated rings. The molecule has 0 aromatic carbocycles. The molecule has 0 N–H and O–H groups in total. The van der Waals surface area contributed by atoms with Crippen LogP contribution < -0.4 is 0 Å². The smallest absolute Gasteiger partial charge is 0.318 e. The molecule has 0 spiro atoms. The Hall–Kier alpha value is 0.609. The highest BCUT2D eigenvalue weighted by molar-refractivity contribution is 6.90. The van der Waals surface area contributed by atoms with Crippen LogP contribution in [0.15, 0.2) is 11.6 Å². The molecule has 0 radical (unpaired) electrons. The lowest BCUT2D eigenvalue weighted by Crippen LogP contribution is -2.57. The molecule has 0 aliphatic carbocycles. The molecule has 20 heteroatoms. The summed E-state index contributed by atoms with van der Waals surface area (Å²) >= 11 is 0. The van der Waals surface area contributed by atoms with Crippen LogP contribution in [0.25, 0.3) is 0 Å². The summed E-state index contributed by atoms with van der Waals surface area (Å²) in [6.07, 6.45) is 5.66. The van der Waals surface area contributed by atoms with Crippen molar-refractivity contribution < 1.29 is 43.4 Å². The second-order valence-corrected chi connectivity index (χ2v) is 68.2. The maximum absolute atomic E-state index is 11.6. The van der Waals surface area contributed by atoms with E-state index in [9.17, 15) is 9.59 Å². The summed E-state index contributed by atoms with van der Waals surface area (Å²) in [4.78, 5) is 22.8. The second-order valence-electron chi connectivity index (χ2n) is 25.6. The van der Waals surface area contributed by atoms with Crippen LogP contribution in [-0.2, 0) is 43.4 Å². The Morgan fingerprint density at radius 3 is 0.969 bits per heavy atom. The van der Waals surface area contributed by atoms with Gasteiger partial charge in [0.25, 0.3) is 5.97 Å². The Labute approximate surface area is 408 Å². The summed E-state index contributed by atoms with van der Waals surface area (Å²) in [6.45, 7) is 66.3. The number of allylic oxidation sites excluding steroid dienone is 2. The van der Waals surface area contributed by atoms with Gasteiger partial charge in [0, 0.05) is 6.04 Å². The summed E-state index contributed by atoms with van der Waals surface area (Å²) < 4.78 is 50.4. The van der Waals surface area contributed by atoms with Gasteiger partial charge in [-0.1, -0.05) is 59.6 Å². The monoisotopic (exact) mass is 1080 g/mol. The van der Waals surface area contributed by atoms with Crippen LogP contribution in [-0.4, -0.2) is 103 Å². The molecule has 0 aliphatic rings. The van der Waals surface area contributed by atoms with Crippen molar-refractivity contribution in [3.05, 3.63) is 11.6 Å². The van der Waals surface area contributed by atoms with E-state index in [1.54, 1.807) is 13.8 Å². The molecule has 0 heterocycles. The molecule has 2 unspecified atom stereocenters. The van der Waals surface area contributed by atoms with Crippen LogP contribution in [0.5, 0.6) is 0 Å². The number of carbonyl (C=O) groups is 2. The van der Waals surface area contributed by atoms with Gasteiger partial charge in [-0.25, -0.2) is 0 Å². The van der Waals surface area contributed by atoms with Crippen molar-refractivity contribution in [1.29, 1.82) is 0 Å². The van der Waals surface area contributed by atoms with Crippen molar-refractivity contribution >= 4 is 95.8 Å². The molecule has 0 aromatic rings. The first-order valence-corrected chi connectivity index (χ1v) is 55.5. The number of methoxy groups -OCH3 is 1. The summed E-state index contributed by atoms with van der Waals surface area (Å²) in [5, 5.41) is 0. The van der Waals surface area contributed by atoms with Gasteiger partial charge in [0.05, 0.1) is 18.9 Å². The molecule has 2 atom stereocenters. The SMILES string of the molecule is CC/C=C(/CC)C[Si](C)(O[Si](C)(C)C)O[Si](C)(C)C.CCC(C)(C[Si](C)(O[Si](C)(C)C)O[Si](C)(C)C)C[Si](C)(O[Si](C)(C)C)O[Si](C)(C)C.COC(=O)C(C)C(C)C(=O)O[Si](C)(C)C. The highest BCUT2D eigenvalue weighted by Crippen LogP contribution is 2.44. The second kappa shape index (κ2) is 26.7. The number of ether oxygens (including phenoxy) is 1. The van der Waals surface area contributed by atoms with Crippen LogP contribution in [0.3, 0.4) is 0 Å². The average Bonchev–Trinajstić information content (AvgIpc) is 2.96. The standard InChI is InChI=1S/C20H54O4Si6.C14H34O2Si3.C10H20O4Si/c1-17-20(2,18-29(15,21-25(3,4)5)22-26(6,7)8)19-30(16,23-27(9,10)11)24-28(12,13)14;1-10-12-14(11-2)13-19(9,15-17(3,4)5)16-18(6,7)8;1-7(9(11)13-3)8(2)10(12)14-15(4,5)6/h17-19H2,1-16H3;12H,10-11,13H2,1-9H3;7-8H,1-6H3/b;14-12-;. The predicted molar refractivity (Wildman–Crippen MR) is 303 cm³/mol. The first-order chi connectivity index (χ1) is 27.9. The van der Waals surface area contributed by atoms with Crippen molar-refractivity contribution in [3.8, 4) is 0 Å². The fraction of sp³-hybridized carbons (Fsp3) is 0.909. The topological polar surface area (TPSA) is 108 Å². The molecule has 0 saturated heterocycles. The minimum absolute atomic E-state index is 0.0978. The van der Waals surface area contributed by atoms with E-state index < -0.39 is 95.7 Å². The van der Waals surface area contributed by atoms with Crippen LogP contribution in [0.2, 0.25) is 175 Å². The minimum atomic E-state index is -2.34. The molecule has 10 nitrogen and oxygen atoms in total. The van der Waals surface area contributed by atoms with E-state index in [2.05, 4.69) is 176 Å². The van der Waals surface area contributed by atoms with Crippen LogP contribution in [0, 0.1) is 17.3 Å². The summed E-state index contributed by atoms with van der Waals surface area (Å²) in [7, 11) is -17.3. The van der Waals surface area contributed by atoms with E-state index in [0.29, 0.717) is 0 Å². The van der Waals surface area contributed by atoms with Gasteiger partial charge < -0.3 is 33.9 Å². The molecule has 384 valence electrons. The van der Waals surface area contributed by atoms with Gasteiger partial charge >= 0.3 is 31.7 Å². The first-order valence-electron chi connectivity index (χ1n) is 24.1. The van der Waals surface area contributed by atoms with E-state index in [1.807, 2.05) is 19.6 Å². The third kappa shape index (κ3) is 36.6. The van der Waals surface area contributed by atoms with Crippen LogP contribution >= 0.6 is 0 Å². The van der Waals surface area contributed by atoms with Gasteiger partial charge in [-0.2, -0.15) is 0 Å². The fourth-order valence-electron chi connectivity index (χ4n) is 8.06. The third-order valence-electron chi connectivity index (χ3n) is 9.08. The molecular weight excluding hydrogens is 969 g/mol. The van der Waals surface area contributed by atoms with Crippen LogP contribution in [0.1, 0.15) is 60.8 Å². The first kappa shape index (κ1) is 68.9. The number of carbonyl (C=O) groups excluding carboxylic acids is 2. The molecule has 0 saturated carbocycles. The van der Waals surface area contributed by atoms with Crippen molar-refractivity contribution in [1.82, 2.24) is 0 Å². The lowest BCUT2D eigenvalue weighted by molar-refractivity contribution is -0.153. The lowest BCUT2D eigenvalue weighted by Gasteiger charge is -2.47. The molecule has 0 aromatic heterocycles. The maximum Gasteiger partial charge on any atom is 0.318 e. The maximum atomic E-state index is 11.6. The zero-order valence-electron chi connectivity index (χ0n) is 48.1. The Morgan fingerprint density at radius 1 is 0.469 bits per heavy atom. The zero-order valence-corrected chi connectivity index (χ0v) is 58.1. The average molecular weight is 1080 g/mol. The predicted octanol–water partition coefficient (Wildman–Crippen LogP) is 15.3. The highest BCUT2D eigenvalue weighted by Gasteiger charge is 2.50. The molecule has 64 heavy (non-hydrogen) atoms. The minimum Gasteiger partial charge on any atom is -0.520 e. The van der Waals surface area contributed by atoms with Gasteiger partial charge in [0.2, 0.25) is 8.32 Å². The summed E-state index contributed by atoms with van der Waals surface area (Å²) in [5.74, 6) is -1.61. The van der Waals surface area contributed by atoms with Crippen molar-refractivity contribution in [2.75, 3.05) is 7.11 Å². The summed E-state index contributed by atoms with van der Waals surface area (Å²) in [5.41, 5.74) is 1.61.